The molecule has 7 heteroatoms. The highest BCUT2D eigenvalue weighted by molar-refractivity contribution is 5.81. The van der Waals surface area contributed by atoms with Gasteiger partial charge in [0.2, 0.25) is 17.2 Å². The summed E-state index contributed by atoms with van der Waals surface area (Å²) in [6.45, 7) is 6.52. The Morgan fingerprint density at radius 3 is 2.66 bits per heavy atom. The third-order valence-electron chi connectivity index (χ3n) is 7.39. The number of amides is 2. The molecule has 186 valence electrons. The molecule has 1 aliphatic carbocycles. The molecule has 0 fully saturated rings. The predicted octanol–water partition coefficient (Wildman–Crippen LogP) is 0.367. The molecular weight excluding hydrogens is 438 g/mol. The van der Waals surface area contributed by atoms with Crippen molar-refractivity contribution in [1.29, 1.82) is 0 Å². The van der Waals surface area contributed by atoms with Gasteiger partial charge in [-0.15, -0.1) is 0 Å². The largest absolute Gasteiger partial charge is 0.378 e. The Hall–Kier alpha value is -3.19. The van der Waals surface area contributed by atoms with E-state index in [0.29, 0.717) is 6.42 Å². The topological polar surface area (TPSA) is 104 Å². The average Bonchev–Trinajstić information content (AvgIpc) is 2.81. The number of nitrogens with one attached hydrogen (secondary N) is 1. The Labute approximate surface area is 207 Å². The van der Waals surface area contributed by atoms with Gasteiger partial charge in [0.05, 0.1) is 0 Å². The van der Waals surface area contributed by atoms with Gasteiger partial charge >= 0.3 is 0 Å². The molecule has 35 heavy (non-hydrogen) atoms. The molecule has 2 aromatic rings. The molecule has 0 spiro atoms. The van der Waals surface area contributed by atoms with Gasteiger partial charge in [-0.05, 0) is 52.6 Å². The summed E-state index contributed by atoms with van der Waals surface area (Å²) in [5.74, 6) is -0.715. The third kappa shape index (κ3) is 5.10. The van der Waals surface area contributed by atoms with Crippen LogP contribution in [-0.4, -0.2) is 51.6 Å². The van der Waals surface area contributed by atoms with Crippen LogP contribution in [0.2, 0.25) is 0 Å². The lowest BCUT2D eigenvalue weighted by Crippen LogP contribution is -2.46. The van der Waals surface area contributed by atoms with Crippen molar-refractivity contribution in [3.63, 3.8) is 0 Å². The van der Waals surface area contributed by atoms with Crippen LogP contribution >= 0.6 is 0 Å². The number of hydrogen-bond donors (Lipinski definition) is 3. The van der Waals surface area contributed by atoms with E-state index in [-0.39, 0.29) is 17.9 Å². The summed E-state index contributed by atoms with van der Waals surface area (Å²) >= 11 is 0. The maximum Gasteiger partial charge on any atom is 0.236 e. The van der Waals surface area contributed by atoms with Crippen LogP contribution in [0.15, 0.2) is 30.3 Å². The lowest BCUT2D eigenvalue weighted by molar-refractivity contribution is -0.122. The Morgan fingerprint density at radius 2 is 1.94 bits per heavy atom. The van der Waals surface area contributed by atoms with E-state index in [2.05, 4.69) is 79.1 Å². The van der Waals surface area contributed by atoms with Gasteiger partial charge in [0.1, 0.15) is 19.1 Å². The Kier molecular flexibility index (Phi) is 6.99. The van der Waals surface area contributed by atoms with Gasteiger partial charge in [-0.1, -0.05) is 19.9 Å². The predicted molar refractivity (Wildman–Crippen MR) is 141 cm³/mol. The number of carbonyl (C=O) groups excluding carboxylic acids is 2. The second-order valence-corrected chi connectivity index (χ2v) is 10.5. The van der Waals surface area contributed by atoms with Crippen molar-refractivity contribution in [1.82, 2.24) is 9.89 Å². The minimum absolute atomic E-state index is 0.0788. The normalized spacial score (nSPS) is 16.3. The molecule has 4 rings (SSSR count). The quantitative estimate of drug-likeness (QED) is 0.479. The van der Waals surface area contributed by atoms with E-state index in [1.807, 2.05) is 0 Å². The van der Waals surface area contributed by atoms with Crippen LogP contribution < -0.4 is 36.8 Å². The Balaban J connectivity index is 1.60. The first kappa shape index (κ1) is 24.9. The van der Waals surface area contributed by atoms with Crippen LogP contribution in [0.25, 0.3) is 6.08 Å². The van der Waals surface area contributed by atoms with Crippen molar-refractivity contribution in [3.05, 3.63) is 63.2 Å². The van der Waals surface area contributed by atoms with Crippen LogP contribution in [0.5, 0.6) is 0 Å². The van der Waals surface area contributed by atoms with E-state index in [1.54, 1.807) is 0 Å². The summed E-state index contributed by atoms with van der Waals surface area (Å²) in [5, 5.41) is 5.31. The van der Waals surface area contributed by atoms with Crippen LogP contribution in [0.4, 0.5) is 5.69 Å². The number of primary amides is 1. The Bertz CT molecular complexity index is 1280. The number of aryl methyl sites for hydroxylation is 1. The van der Waals surface area contributed by atoms with Gasteiger partial charge in [0, 0.05) is 62.6 Å². The number of fused-ring (bicyclic) bond motifs is 3. The number of anilines is 1. The summed E-state index contributed by atoms with van der Waals surface area (Å²) in [7, 11) is 4.16. The standard InChI is InChI=1S/C28H37N5O2/c1-28(2)22-15-21(32(3)4)10-9-18(22)13-20-14-19-7-5-11-33(25(19)16-23(20)28)12-6-8-26(34)31-17-24(29)27(30)35/h9-10,13-16,24H,5-8,11-12,17,29H2,1-4H3,(H2-,30,31,34,35)/p+1/t24-/m0/s1. The van der Waals surface area contributed by atoms with Crippen LogP contribution in [-0.2, 0) is 21.4 Å². The van der Waals surface area contributed by atoms with Crippen LogP contribution in [0.1, 0.15) is 55.4 Å². The molecule has 1 heterocycles. The van der Waals surface area contributed by atoms with E-state index < -0.39 is 11.9 Å². The second-order valence-electron chi connectivity index (χ2n) is 10.5. The van der Waals surface area contributed by atoms with Crippen LogP contribution in [0.3, 0.4) is 0 Å². The second kappa shape index (κ2) is 9.82. The maximum atomic E-state index is 12.2. The van der Waals surface area contributed by atoms with Crippen LogP contribution in [0, 0.1) is 0 Å². The van der Waals surface area contributed by atoms with E-state index in [0.717, 1.165) is 32.4 Å². The van der Waals surface area contributed by atoms with Gasteiger partial charge < -0.3 is 21.7 Å². The van der Waals surface area contributed by atoms with Gasteiger partial charge in [-0.3, -0.25) is 9.59 Å². The number of nitrogens with two attached hydrogens (primary N) is 2. The van der Waals surface area contributed by atoms with Gasteiger partial charge in [-0.2, -0.15) is 0 Å². The minimum Gasteiger partial charge on any atom is -0.378 e. The highest BCUT2D eigenvalue weighted by Gasteiger charge is 2.32. The molecule has 7 nitrogen and oxygen atoms in total. The fourth-order valence-corrected chi connectivity index (χ4v) is 5.27. The van der Waals surface area contributed by atoms with Crippen molar-refractivity contribution in [2.24, 2.45) is 11.5 Å². The molecule has 0 unspecified atom stereocenters. The zero-order valence-electron chi connectivity index (χ0n) is 21.4. The molecule has 1 atom stereocenters. The van der Waals surface area contributed by atoms with Gasteiger partial charge in [-0.25, -0.2) is 4.58 Å². The van der Waals surface area contributed by atoms with Crippen molar-refractivity contribution in [3.8, 4) is 0 Å². The highest BCUT2D eigenvalue weighted by atomic mass is 16.2. The maximum absolute atomic E-state index is 12.2. The Morgan fingerprint density at radius 1 is 1.17 bits per heavy atom. The van der Waals surface area contributed by atoms with Crippen molar-refractivity contribution < 1.29 is 9.59 Å². The first-order valence-electron chi connectivity index (χ1n) is 12.5. The number of carbonyl (C=O) groups is 2. The molecule has 0 radical (unpaired) electrons. The average molecular weight is 477 g/mol. The first-order chi connectivity index (χ1) is 16.6. The zero-order valence-corrected chi connectivity index (χ0v) is 21.4. The molecule has 2 aromatic carbocycles. The monoisotopic (exact) mass is 476 g/mol. The van der Waals surface area contributed by atoms with Crippen molar-refractivity contribution in [2.45, 2.75) is 51.0 Å². The smallest absolute Gasteiger partial charge is 0.236 e. The van der Waals surface area contributed by atoms with E-state index in [9.17, 15) is 9.59 Å². The van der Waals surface area contributed by atoms with E-state index in [4.69, 9.17) is 11.5 Å². The first-order valence-corrected chi connectivity index (χ1v) is 12.5. The fraction of sp³-hybridized carbons (Fsp3) is 0.464. The summed E-state index contributed by atoms with van der Waals surface area (Å²) in [4.78, 5) is 25.4. The van der Waals surface area contributed by atoms with E-state index >= 15 is 0 Å². The molecule has 0 saturated heterocycles. The van der Waals surface area contributed by atoms with Crippen molar-refractivity contribution >= 4 is 23.6 Å². The lowest BCUT2D eigenvalue weighted by atomic mass is 9.71. The molecule has 5 N–H and O–H groups in total. The molecule has 0 aromatic heterocycles. The molecule has 0 bridgehead atoms. The molecule has 1 aliphatic heterocycles. The summed E-state index contributed by atoms with van der Waals surface area (Å²) in [5.41, 5.74) is 17.2. The number of nitrogens with zero attached hydrogens (tertiary/aromatic N) is 2. The molecule has 0 saturated carbocycles. The minimum atomic E-state index is -0.849. The fourth-order valence-electron chi connectivity index (χ4n) is 5.27. The SMILES string of the molecule is CN(C)c1ccc2c(c1)C(C)(C)c1cc3c(cc1=C2)CCC[N+]=3CCCC(=O)NC[C@H](N)C(N)=O. The lowest BCUT2D eigenvalue weighted by Gasteiger charge is -2.33. The summed E-state index contributed by atoms with van der Waals surface area (Å²) in [6, 6.07) is 10.7. The van der Waals surface area contributed by atoms with Crippen molar-refractivity contribution in [2.75, 3.05) is 38.6 Å². The number of hydrogen-bond acceptors (Lipinski definition) is 4. The van der Waals surface area contributed by atoms with Gasteiger partial charge in [0.25, 0.3) is 0 Å². The van der Waals surface area contributed by atoms with Gasteiger partial charge in [0.15, 0.2) is 0 Å². The number of benzene rings is 2. The summed E-state index contributed by atoms with van der Waals surface area (Å²) in [6.07, 6.45) is 5.64. The highest BCUT2D eigenvalue weighted by Crippen LogP contribution is 2.36. The number of rotatable bonds is 8. The molecule has 2 aliphatic rings. The summed E-state index contributed by atoms with van der Waals surface area (Å²) < 4.78 is 2.42. The van der Waals surface area contributed by atoms with E-state index in [1.165, 1.54) is 38.5 Å². The zero-order chi connectivity index (χ0) is 25.3. The molecular formula is C28H38N5O2+. The molecule has 2 amide bonds. The third-order valence-corrected chi connectivity index (χ3v) is 7.39.